The maximum Gasteiger partial charge on any atom is 0.159 e. The number of unbranched alkanes of at least 4 members (excludes halogenated alkanes) is 2. The zero-order valence-electron chi connectivity index (χ0n) is 17.6. The van der Waals surface area contributed by atoms with Crippen molar-refractivity contribution in [2.24, 2.45) is 0 Å². The highest BCUT2D eigenvalue weighted by atomic mass is 19.2. The number of benzene rings is 4. The van der Waals surface area contributed by atoms with E-state index >= 15 is 0 Å². The Labute approximate surface area is 182 Å². The molecule has 0 aromatic heterocycles. The lowest BCUT2D eigenvalue weighted by Crippen LogP contribution is -1.86. The Bertz CT molecular complexity index is 1240. The quantitative estimate of drug-likeness (QED) is 0.232. The minimum atomic E-state index is -0.845. The Hall–Kier alpha value is -3.44. The predicted molar refractivity (Wildman–Crippen MR) is 125 cm³/mol. The van der Waals surface area contributed by atoms with Crippen molar-refractivity contribution in [3.8, 4) is 23.0 Å². The third-order valence-electron chi connectivity index (χ3n) is 5.47. The number of fused-ring (bicyclic) bond motifs is 1. The van der Waals surface area contributed by atoms with Crippen LogP contribution in [-0.4, -0.2) is 0 Å². The third-order valence-corrected chi connectivity index (χ3v) is 5.47. The summed E-state index contributed by atoms with van der Waals surface area (Å²) in [7, 11) is 0. The number of hydrogen-bond acceptors (Lipinski definition) is 0. The van der Waals surface area contributed by atoms with Crippen LogP contribution >= 0.6 is 0 Å². The van der Waals surface area contributed by atoms with Gasteiger partial charge < -0.3 is 0 Å². The average Bonchev–Trinajstić information content (AvgIpc) is 2.79. The zero-order chi connectivity index (χ0) is 21.6. The first-order chi connectivity index (χ1) is 15.1. The van der Waals surface area contributed by atoms with Gasteiger partial charge in [-0.3, -0.25) is 0 Å². The molecule has 0 saturated carbocycles. The summed E-state index contributed by atoms with van der Waals surface area (Å²) in [5.41, 5.74) is 5.42. The monoisotopic (exact) mass is 410 g/mol. The SMILES string of the molecule is CCCCCc1ccc(-c2ccc(C#Cc3ccc4cc(F)c(F)cc4c3)cc2)cc1. The molecule has 0 saturated heterocycles. The van der Waals surface area contributed by atoms with Crippen molar-refractivity contribution in [2.45, 2.75) is 32.6 Å². The van der Waals surface area contributed by atoms with E-state index in [-0.39, 0.29) is 0 Å². The van der Waals surface area contributed by atoms with Crippen LogP contribution in [0.3, 0.4) is 0 Å². The zero-order valence-corrected chi connectivity index (χ0v) is 17.6. The molecule has 0 amide bonds. The van der Waals surface area contributed by atoms with Gasteiger partial charge in [-0.05, 0) is 76.7 Å². The van der Waals surface area contributed by atoms with Crippen molar-refractivity contribution in [3.63, 3.8) is 0 Å². The van der Waals surface area contributed by atoms with E-state index in [0.29, 0.717) is 10.8 Å². The molecule has 0 atom stereocenters. The van der Waals surface area contributed by atoms with Gasteiger partial charge in [-0.15, -0.1) is 0 Å². The Kier molecular flexibility index (Phi) is 6.43. The van der Waals surface area contributed by atoms with Crippen molar-refractivity contribution in [1.82, 2.24) is 0 Å². The third kappa shape index (κ3) is 5.19. The van der Waals surface area contributed by atoms with Gasteiger partial charge in [0.1, 0.15) is 0 Å². The largest absolute Gasteiger partial charge is 0.204 e. The Balaban J connectivity index is 1.47. The predicted octanol–water partition coefficient (Wildman–Crippen LogP) is 7.92. The molecule has 0 N–H and O–H groups in total. The van der Waals surface area contributed by atoms with Crippen LogP contribution in [0.15, 0.2) is 78.9 Å². The summed E-state index contributed by atoms with van der Waals surface area (Å²) < 4.78 is 26.8. The molecule has 154 valence electrons. The fraction of sp³-hybridized carbons (Fsp3) is 0.172. The summed E-state index contributed by atoms with van der Waals surface area (Å²) in [6, 6.07) is 24.7. The molecule has 4 aromatic carbocycles. The van der Waals surface area contributed by atoms with Crippen LogP contribution in [0.1, 0.15) is 42.9 Å². The van der Waals surface area contributed by atoms with Crippen molar-refractivity contribution in [1.29, 1.82) is 0 Å². The highest BCUT2D eigenvalue weighted by Gasteiger charge is 2.04. The minimum absolute atomic E-state index is 0.638. The van der Waals surface area contributed by atoms with Gasteiger partial charge in [0.2, 0.25) is 0 Å². The molecule has 4 aromatic rings. The van der Waals surface area contributed by atoms with Gasteiger partial charge in [-0.1, -0.05) is 74.1 Å². The summed E-state index contributed by atoms with van der Waals surface area (Å²) in [6.07, 6.45) is 4.90. The number of rotatable bonds is 5. The van der Waals surface area contributed by atoms with Crippen molar-refractivity contribution < 1.29 is 8.78 Å². The van der Waals surface area contributed by atoms with E-state index in [1.165, 1.54) is 42.5 Å². The normalized spacial score (nSPS) is 10.7. The van der Waals surface area contributed by atoms with Crippen LogP contribution in [0.5, 0.6) is 0 Å². The van der Waals surface area contributed by atoms with Crippen LogP contribution in [0.4, 0.5) is 8.78 Å². The van der Waals surface area contributed by atoms with Crippen molar-refractivity contribution >= 4 is 10.8 Å². The molecule has 0 bridgehead atoms. The second kappa shape index (κ2) is 9.58. The van der Waals surface area contributed by atoms with E-state index in [0.717, 1.165) is 23.1 Å². The molecule has 0 nitrogen and oxygen atoms in total. The van der Waals surface area contributed by atoms with Crippen molar-refractivity contribution in [2.75, 3.05) is 0 Å². The first-order valence-corrected chi connectivity index (χ1v) is 10.7. The number of halogens is 2. The standard InChI is InChI=1S/C29H24F2/c1-2-3-4-5-21-8-13-24(14-9-21)25-15-10-22(11-16-25)6-7-23-12-17-26-19-28(30)29(31)20-27(26)18-23/h8-20H,2-5H2,1H3. The van der Waals surface area contributed by atoms with E-state index in [1.54, 1.807) is 12.1 Å². The maximum absolute atomic E-state index is 13.5. The van der Waals surface area contributed by atoms with E-state index in [1.807, 2.05) is 18.2 Å². The lowest BCUT2D eigenvalue weighted by molar-refractivity contribution is 0.511. The van der Waals surface area contributed by atoms with Gasteiger partial charge in [-0.2, -0.15) is 0 Å². The van der Waals surface area contributed by atoms with Crippen LogP contribution in [0, 0.1) is 23.5 Å². The van der Waals surface area contributed by atoms with E-state index in [2.05, 4.69) is 55.2 Å². The van der Waals surface area contributed by atoms with E-state index in [9.17, 15) is 8.78 Å². The van der Waals surface area contributed by atoms with Crippen molar-refractivity contribution in [3.05, 3.63) is 107 Å². The molecule has 0 spiro atoms. The van der Waals surface area contributed by atoms with Gasteiger partial charge >= 0.3 is 0 Å². The molecule has 0 aliphatic rings. The van der Waals surface area contributed by atoms with E-state index in [4.69, 9.17) is 0 Å². The highest BCUT2D eigenvalue weighted by molar-refractivity contribution is 5.84. The lowest BCUT2D eigenvalue weighted by atomic mass is 10.0. The summed E-state index contributed by atoms with van der Waals surface area (Å²) in [5, 5.41) is 1.30. The summed E-state index contributed by atoms with van der Waals surface area (Å²) in [6.45, 7) is 2.22. The van der Waals surface area contributed by atoms with Gasteiger partial charge in [0, 0.05) is 11.1 Å². The molecule has 0 aliphatic carbocycles. The maximum atomic E-state index is 13.5. The fourth-order valence-electron chi connectivity index (χ4n) is 3.65. The molecular weight excluding hydrogens is 386 g/mol. The topological polar surface area (TPSA) is 0 Å². The van der Waals surface area contributed by atoms with E-state index < -0.39 is 11.6 Å². The molecule has 0 unspecified atom stereocenters. The average molecular weight is 411 g/mol. The second-order valence-corrected chi connectivity index (χ2v) is 7.81. The molecule has 2 heteroatoms. The number of aryl methyl sites for hydroxylation is 1. The van der Waals surface area contributed by atoms with Gasteiger partial charge in [-0.25, -0.2) is 8.78 Å². The fourth-order valence-corrected chi connectivity index (χ4v) is 3.65. The molecule has 4 rings (SSSR count). The smallest absolute Gasteiger partial charge is 0.159 e. The molecule has 0 radical (unpaired) electrons. The lowest BCUT2D eigenvalue weighted by Gasteiger charge is -2.05. The van der Waals surface area contributed by atoms with Crippen LogP contribution < -0.4 is 0 Å². The Morgan fingerprint density at radius 1 is 0.613 bits per heavy atom. The Morgan fingerprint density at radius 2 is 1.19 bits per heavy atom. The highest BCUT2D eigenvalue weighted by Crippen LogP contribution is 2.22. The summed E-state index contributed by atoms with van der Waals surface area (Å²) in [4.78, 5) is 0. The van der Waals surface area contributed by atoms with Crippen LogP contribution in [-0.2, 0) is 6.42 Å². The Morgan fingerprint density at radius 3 is 1.87 bits per heavy atom. The minimum Gasteiger partial charge on any atom is -0.204 e. The molecule has 0 fully saturated rings. The van der Waals surface area contributed by atoms with Crippen LogP contribution in [0.25, 0.3) is 21.9 Å². The van der Waals surface area contributed by atoms with Gasteiger partial charge in [0.05, 0.1) is 0 Å². The molecular formula is C29H24F2. The summed E-state index contributed by atoms with van der Waals surface area (Å²) >= 11 is 0. The van der Waals surface area contributed by atoms with Gasteiger partial charge in [0.15, 0.2) is 11.6 Å². The summed E-state index contributed by atoms with van der Waals surface area (Å²) in [5.74, 6) is 4.58. The molecule has 31 heavy (non-hydrogen) atoms. The van der Waals surface area contributed by atoms with Crippen LogP contribution in [0.2, 0.25) is 0 Å². The number of hydrogen-bond donors (Lipinski definition) is 0. The first kappa shape index (κ1) is 20.8. The molecule has 0 aliphatic heterocycles. The second-order valence-electron chi connectivity index (χ2n) is 7.81. The molecule has 0 heterocycles. The van der Waals surface area contributed by atoms with Gasteiger partial charge in [0.25, 0.3) is 0 Å². The first-order valence-electron chi connectivity index (χ1n) is 10.7.